The van der Waals surface area contributed by atoms with Gasteiger partial charge in [0.1, 0.15) is 0 Å². The van der Waals surface area contributed by atoms with E-state index in [0.29, 0.717) is 0 Å². The van der Waals surface area contributed by atoms with E-state index in [1.807, 2.05) is 30.3 Å². The van der Waals surface area contributed by atoms with Gasteiger partial charge in [-0.3, -0.25) is 11.2 Å². The number of rotatable bonds is 1. The molecule has 0 saturated heterocycles. The van der Waals surface area contributed by atoms with Crippen LogP contribution < -0.4 is 0 Å². The predicted molar refractivity (Wildman–Crippen MR) is 58.5 cm³/mol. The number of hydrogen-bond donors (Lipinski definition) is 2. The van der Waals surface area contributed by atoms with Gasteiger partial charge in [0.25, 0.3) is 0 Å². The van der Waals surface area contributed by atoms with Crippen LogP contribution in [0.15, 0.2) is 30.3 Å². The number of carboxylic acids is 1. The zero-order valence-corrected chi connectivity index (χ0v) is 10.6. The van der Waals surface area contributed by atoms with Crippen molar-refractivity contribution in [3.05, 3.63) is 42.8 Å². The molecular weight excluding hydrogens is 227 g/mol. The Bertz CT molecular complexity index is 204. The fraction of sp³-hybridized carbons (Fsp3) is 0.111. The first-order chi connectivity index (χ1) is 6.68. The standard InChI is InChI=1S/C6H5.C3H5O2.Mg.HO2P/c1-2-4-6-5-3-1;1-2-3(4)5;;1-3-2/h1-5H;2H,1H3,(H,4,5);;(H,1,2)/q2*-1;+2;. The van der Waals surface area contributed by atoms with Gasteiger partial charge in [-0.1, -0.05) is 0 Å². The molecule has 0 unspecified atom stereocenters. The van der Waals surface area contributed by atoms with E-state index < -0.39 is 14.7 Å². The van der Waals surface area contributed by atoms with Crippen molar-refractivity contribution in [2.75, 3.05) is 0 Å². The van der Waals surface area contributed by atoms with E-state index in [4.69, 9.17) is 14.6 Å². The van der Waals surface area contributed by atoms with Gasteiger partial charge >= 0.3 is 31.7 Å². The molecule has 0 fully saturated rings. The zero-order valence-electron chi connectivity index (χ0n) is 8.33. The predicted octanol–water partition coefficient (Wildman–Crippen LogP) is 1.59. The van der Waals surface area contributed by atoms with Gasteiger partial charge in [-0.2, -0.15) is 43.3 Å². The molecule has 0 amide bonds. The Balaban J connectivity index is -0.000000148. The van der Waals surface area contributed by atoms with Crippen molar-refractivity contribution >= 4 is 37.7 Å². The van der Waals surface area contributed by atoms with Crippen LogP contribution in [-0.4, -0.2) is 39.0 Å². The molecule has 6 heteroatoms. The topological polar surface area (TPSA) is 74.6 Å². The average Bonchev–Trinajstić information content (AvgIpc) is 2.22. The number of carboxylic acid groups (broad SMARTS) is 1. The van der Waals surface area contributed by atoms with Gasteiger partial charge in [0.2, 0.25) is 0 Å². The summed E-state index contributed by atoms with van der Waals surface area (Å²) in [4.78, 5) is 16.3. The van der Waals surface area contributed by atoms with E-state index in [-0.39, 0.29) is 23.1 Å². The van der Waals surface area contributed by atoms with Gasteiger partial charge in [-0.25, -0.2) is 4.57 Å². The number of aliphatic carboxylic acids is 1. The Hall–Kier alpha value is -0.614. The monoisotopic (exact) mass is 238 g/mol. The molecule has 0 aliphatic carbocycles. The van der Waals surface area contributed by atoms with Gasteiger partial charge in [0, 0.05) is 0 Å². The summed E-state index contributed by atoms with van der Waals surface area (Å²) >= 11 is 0. The fourth-order valence-electron chi connectivity index (χ4n) is 0.342. The van der Waals surface area contributed by atoms with Crippen LogP contribution >= 0.6 is 8.69 Å². The third-order valence-electron chi connectivity index (χ3n) is 0.854. The molecule has 0 aliphatic rings. The van der Waals surface area contributed by atoms with Gasteiger partial charge < -0.3 is 10.00 Å². The smallest absolute Gasteiger partial charge is 0.503 e. The van der Waals surface area contributed by atoms with Crippen LogP contribution in [0.25, 0.3) is 0 Å². The summed E-state index contributed by atoms with van der Waals surface area (Å²) in [5, 5.41) is 7.67. The van der Waals surface area contributed by atoms with E-state index in [1.165, 1.54) is 6.92 Å². The van der Waals surface area contributed by atoms with E-state index in [9.17, 15) is 4.79 Å². The molecule has 0 aromatic heterocycles. The summed E-state index contributed by atoms with van der Waals surface area (Å²) in [5.74, 6) is -0.870. The minimum absolute atomic E-state index is 0. The molecule has 0 spiro atoms. The van der Waals surface area contributed by atoms with Crippen LogP contribution in [0.1, 0.15) is 6.92 Å². The van der Waals surface area contributed by atoms with Crippen LogP contribution in [0.2, 0.25) is 0 Å². The maximum absolute atomic E-state index is 9.31. The first-order valence-electron chi connectivity index (χ1n) is 3.59. The van der Waals surface area contributed by atoms with Crippen LogP contribution in [0.4, 0.5) is 0 Å². The largest absolute Gasteiger partial charge is 2.00 e. The van der Waals surface area contributed by atoms with E-state index in [1.54, 1.807) is 0 Å². The molecule has 0 atom stereocenters. The van der Waals surface area contributed by atoms with Crippen LogP contribution in [0.5, 0.6) is 0 Å². The zero-order chi connectivity index (χ0) is 11.2. The summed E-state index contributed by atoms with van der Waals surface area (Å²) in [5.41, 5.74) is 0. The second-order valence-corrected chi connectivity index (χ2v) is 1.95. The van der Waals surface area contributed by atoms with Crippen LogP contribution in [0, 0.1) is 12.5 Å². The van der Waals surface area contributed by atoms with Crippen molar-refractivity contribution in [2.45, 2.75) is 6.92 Å². The third kappa shape index (κ3) is 31.8. The van der Waals surface area contributed by atoms with Gasteiger partial charge in [-0.15, -0.1) is 0 Å². The number of hydrogen-bond acceptors (Lipinski definition) is 2. The Morgan fingerprint density at radius 2 is 1.67 bits per heavy atom. The first kappa shape index (κ1) is 19.9. The molecule has 0 bridgehead atoms. The third-order valence-corrected chi connectivity index (χ3v) is 0.854. The Morgan fingerprint density at radius 3 is 1.73 bits per heavy atom. The first-order valence-corrected chi connectivity index (χ1v) is 4.35. The molecule has 78 valence electrons. The van der Waals surface area contributed by atoms with Crippen molar-refractivity contribution in [1.82, 2.24) is 0 Å². The molecule has 0 radical (unpaired) electrons. The second kappa shape index (κ2) is 19.0. The average molecular weight is 238 g/mol. The van der Waals surface area contributed by atoms with E-state index in [2.05, 4.69) is 6.07 Å². The quantitative estimate of drug-likeness (QED) is 0.442. The minimum Gasteiger partial charge on any atom is -0.503 e. The Kier molecular flexibility index (Phi) is 25.2. The summed E-state index contributed by atoms with van der Waals surface area (Å²) < 4.78 is 8.46. The van der Waals surface area contributed by atoms with Gasteiger partial charge in [0.15, 0.2) is 5.97 Å². The Labute approximate surface area is 107 Å². The summed E-state index contributed by atoms with van der Waals surface area (Å²) in [6.45, 7) is 1.47. The molecular formula is C9H11MgO4P. The Morgan fingerprint density at radius 1 is 1.33 bits per heavy atom. The normalized spacial score (nSPS) is 6.80. The summed E-state index contributed by atoms with van der Waals surface area (Å²) in [6.07, 6.45) is 1.08. The SMILES string of the molecule is C[CH-]C(=O)O.O=PO.[Mg+2].[c-]1ccccc1. The molecule has 0 aliphatic heterocycles. The second-order valence-electron chi connectivity index (χ2n) is 1.79. The van der Waals surface area contributed by atoms with Crippen LogP contribution in [-0.2, 0) is 9.36 Å². The molecule has 0 heterocycles. The molecule has 1 aromatic carbocycles. The molecule has 4 nitrogen and oxygen atoms in total. The molecule has 2 N–H and O–H groups in total. The summed E-state index contributed by atoms with van der Waals surface area (Å²) in [6, 6.07) is 12.5. The molecule has 1 rings (SSSR count). The molecule has 0 saturated carbocycles. The van der Waals surface area contributed by atoms with Crippen molar-refractivity contribution in [3.63, 3.8) is 0 Å². The van der Waals surface area contributed by atoms with E-state index in [0.717, 1.165) is 6.42 Å². The fourth-order valence-corrected chi connectivity index (χ4v) is 0.342. The van der Waals surface area contributed by atoms with Crippen molar-refractivity contribution in [1.29, 1.82) is 0 Å². The summed E-state index contributed by atoms with van der Waals surface area (Å²) in [7, 11) is -0.833. The molecule has 15 heavy (non-hydrogen) atoms. The van der Waals surface area contributed by atoms with Crippen molar-refractivity contribution < 1.29 is 19.4 Å². The van der Waals surface area contributed by atoms with Gasteiger partial charge in [0.05, 0.1) is 0 Å². The number of carbonyl (C=O) groups is 1. The molecule has 1 aromatic rings. The maximum atomic E-state index is 9.31. The van der Waals surface area contributed by atoms with Gasteiger partial charge in [-0.05, 0) is 0 Å². The number of benzene rings is 1. The van der Waals surface area contributed by atoms with E-state index >= 15 is 0 Å². The maximum Gasteiger partial charge on any atom is 2.00 e. The minimum atomic E-state index is -0.870. The van der Waals surface area contributed by atoms with Crippen molar-refractivity contribution in [2.24, 2.45) is 0 Å². The van der Waals surface area contributed by atoms with Crippen LogP contribution in [0.3, 0.4) is 0 Å². The van der Waals surface area contributed by atoms with Crippen molar-refractivity contribution in [3.8, 4) is 0 Å².